The Kier molecular flexibility index (Phi) is 9.95. The van der Waals surface area contributed by atoms with E-state index in [0.717, 1.165) is 30.4 Å². The van der Waals surface area contributed by atoms with Crippen LogP contribution in [0.5, 0.6) is 0 Å². The monoisotopic (exact) mass is 284 g/mol. The highest BCUT2D eigenvalue weighted by Crippen LogP contribution is 2.11. The standard InChI is InChI=1S/C15H28N2OS/c1-3-5-6-7-8-9-10-18-12-14-13-19-15(17-14)11-16-4-2/h13,16H,3-12H2,1-2H3. The molecule has 0 aliphatic heterocycles. The van der Waals surface area contributed by atoms with Gasteiger partial charge in [-0.3, -0.25) is 0 Å². The molecule has 0 saturated heterocycles. The molecule has 19 heavy (non-hydrogen) atoms. The van der Waals surface area contributed by atoms with Gasteiger partial charge in [-0.25, -0.2) is 4.98 Å². The highest BCUT2D eigenvalue weighted by molar-refractivity contribution is 7.09. The molecule has 0 atom stereocenters. The summed E-state index contributed by atoms with van der Waals surface area (Å²) < 4.78 is 5.67. The van der Waals surface area contributed by atoms with Crippen LogP contribution in [0.15, 0.2) is 5.38 Å². The summed E-state index contributed by atoms with van der Waals surface area (Å²) in [6.07, 6.45) is 7.88. The minimum atomic E-state index is 0.664. The largest absolute Gasteiger partial charge is 0.375 e. The molecular weight excluding hydrogens is 256 g/mol. The minimum absolute atomic E-state index is 0.664. The van der Waals surface area contributed by atoms with E-state index in [9.17, 15) is 0 Å². The molecule has 0 aromatic carbocycles. The van der Waals surface area contributed by atoms with Crippen molar-refractivity contribution in [3.05, 3.63) is 16.1 Å². The summed E-state index contributed by atoms with van der Waals surface area (Å²) in [7, 11) is 0. The molecule has 0 fully saturated rings. The van der Waals surface area contributed by atoms with Crippen molar-refractivity contribution in [1.29, 1.82) is 0 Å². The fraction of sp³-hybridized carbons (Fsp3) is 0.800. The molecule has 3 nitrogen and oxygen atoms in total. The maximum Gasteiger partial charge on any atom is 0.107 e. The van der Waals surface area contributed by atoms with E-state index in [1.165, 1.54) is 38.5 Å². The third kappa shape index (κ3) is 8.35. The smallest absolute Gasteiger partial charge is 0.107 e. The fourth-order valence-electron chi connectivity index (χ4n) is 1.89. The zero-order valence-electron chi connectivity index (χ0n) is 12.4. The molecule has 1 heterocycles. The van der Waals surface area contributed by atoms with E-state index in [-0.39, 0.29) is 0 Å². The summed E-state index contributed by atoms with van der Waals surface area (Å²) in [6.45, 7) is 7.76. The molecule has 1 N–H and O–H groups in total. The van der Waals surface area contributed by atoms with Gasteiger partial charge in [0, 0.05) is 18.5 Å². The van der Waals surface area contributed by atoms with Crippen molar-refractivity contribution in [2.24, 2.45) is 0 Å². The van der Waals surface area contributed by atoms with Crippen LogP contribution in [-0.2, 0) is 17.9 Å². The zero-order valence-corrected chi connectivity index (χ0v) is 13.2. The first-order chi connectivity index (χ1) is 9.36. The molecule has 0 bridgehead atoms. The van der Waals surface area contributed by atoms with E-state index in [1.807, 2.05) is 0 Å². The minimum Gasteiger partial charge on any atom is -0.375 e. The summed E-state index contributed by atoms with van der Waals surface area (Å²) in [5.41, 5.74) is 1.07. The average molecular weight is 284 g/mol. The van der Waals surface area contributed by atoms with Crippen LogP contribution in [0.3, 0.4) is 0 Å². The second-order valence-corrected chi connectivity index (χ2v) is 5.78. The summed E-state index contributed by atoms with van der Waals surface area (Å²) in [4.78, 5) is 4.54. The van der Waals surface area contributed by atoms with Crippen molar-refractivity contribution in [2.45, 2.75) is 65.5 Å². The Balaban J connectivity index is 1.98. The number of ether oxygens (including phenoxy) is 1. The molecular formula is C15H28N2OS. The number of rotatable bonds is 12. The van der Waals surface area contributed by atoms with Gasteiger partial charge in [-0.05, 0) is 13.0 Å². The van der Waals surface area contributed by atoms with Crippen molar-refractivity contribution >= 4 is 11.3 Å². The van der Waals surface area contributed by atoms with E-state index < -0.39 is 0 Å². The highest BCUT2D eigenvalue weighted by Gasteiger charge is 2.01. The van der Waals surface area contributed by atoms with Crippen molar-refractivity contribution in [1.82, 2.24) is 10.3 Å². The number of nitrogens with zero attached hydrogens (tertiary/aromatic N) is 1. The fourth-order valence-corrected chi connectivity index (χ4v) is 2.64. The van der Waals surface area contributed by atoms with Crippen LogP contribution in [0.25, 0.3) is 0 Å². The highest BCUT2D eigenvalue weighted by atomic mass is 32.1. The van der Waals surface area contributed by atoms with Gasteiger partial charge in [0.1, 0.15) is 5.01 Å². The topological polar surface area (TPSA) is 34.1 Å². The number of aromatic nitrogens is 1. The first-order valence-corrected chi connectivity index (χ1v) is 8.46. The van der Waals surface area contributed by atoms with Crippen LogP contribution in [0, 0.1) is 0 Å². The Bertz CT molecular complexity index is 315. The van der Waals surface area contributed by atoms with Crippen molar-refractivity contribution in [2.75, 3.05) is 13.2 Å². The van der Waals surface area contributed by atoms with Gasteiger partial charge >= 0.3 is 0 Å². The van der Waals surface area contributed by atoms with E-state index in [1.54, 1.807) is 11.3 Å². The Hall–Kier alpha value is -0.450. The first-order valence-electron chi connectivity index (χ1n) is 7.58. The van der Waals surface area contributed by atoms with Crippen LogP contribution in [0.2, 0.25) is 0 Å². The van der Waals surface area contributed by atoms with Crippen LogP contribution in [0.4, 0.5) is 0 Å². The molecule has 1 aromatic rings. The van der Waals surface area contributed by atoms with Gasteiger partial charge in [-0.2, -0.15) is 0 Å². The lowest BCUT2D eigenvalue weighted by Gasteiger charge is -2.02. The van der Waals surface area contributed by atoms with Gasteiger partial charge in [0.2, 0.25) is 0 Å². The number of hydrogen-bond donors (Lipinski definition) is 1. The predicted octanol–water partition coefficient (Wildman–Crippen LogP) is 4.13. The molecule has 4 heteroatoms. The molecule has 0 saturated carbocycles. The summed E-state index contributed by atoms with van der Waals surface area (Å²) in [6, 6.07) is 0. The maximum absolute atomic E-state index is 5.67. The average Bonchev–Trinajstić information content (AvgIpc) is 2.87. The molecule has 0 amide bonds. The predicted molar refractivity (Wildman–Crippen MR) is 82.5 cm³/mol. The van der Waals surface area contributed by atoms with E-state index in [2.05, 4.69) is 29.5 Å². The lowest BCUT2D eigenvalue weighted by Crippen LogP contribution is -2.11. The number of hydrogen-bond acceptors (Lipinski definition) is 4. The maximum atomic E-state index is 5.67. The van der Waals surface area contributed by atoms with Crippen LogP contribution < -0.4 is 5.32 Å². The van der Waals surface area contributed by atoms with E-state index >= 15 is 0 Å². The van der Waals surface area contributed by atoms with Gasteiger partial charge in [-0.15, -0.1) is 11.3 Å². The van der Waals surface area contributed by atoms with Gasteiger partial charge < -0.3 is 10.1 Å². The van der Waals surface area contributed by atoms with Crippen molar-refractivity contribution in [3.63, 3.8) is 0 Å². The van der Waals surface area contributed by atoms with Gasteiger partial charge in [0.15, 0.2) is 0 Å². The molecule has 0 aliphatic rings. The second-order valence-electron chi connectivity index (χ2n) is 4.83. The van der Waals surface area contributed by atoms with Crippen molar-refractivity contribution in [3.8, 4) is 0 Å². The normalized spacial score (nSPS) is 11.1. The number of thiazole rings is 1. The van der Waals surface area contributed by atoms with Gasteiger partial charge in [-0.1, -0.05) is 46.0 Å². The molecule has 1 rings (SSSR count). The molecule has 110 valence electrons. The lowest BCUT2D eigenvalue weighted by molar-refractivity contribution is 0.114. The first kappa shape index (κ1) is 16.6. The molecule has 1 aromatic heterocycles. The van der Waals surface area contributed by atoms with Crippen LogP contribution in [-0.4, -0.2) is 18.1 Å². The Morgan fingerprint density at radius 2 is 1.95 bits per heavy atom. The lowest BCUT2D eigenvalue weighted by atomic mass is 10.1. The van der Waals surface area contributed by atoms with Gasteiger partial charge in [0.25, 0.3) is 0 Å². The molecule has 0 aliphatic carbocycles. The third-order valence-corrected chi connectivity index (χ3v) is 3.92. The summed E-state index contributed by atoms with van der Waals surface area (Å²) in [5.74, 6) is 0. The summed E-state index contributed by atoms with van der Waals surface area (Å²) >= 11 is 1.71. The Morgan fingerprint density at radius 1 is 1.16 bits per heavy atom. The number of nitrogens with one attached hydrogen (secondary N) is 1. The second kappa shape index (κ2) is 11.4. The summed E-state index contributed by atoms with van der Waals surface area (Å²) in [5, 5.41) is 6.54. The van der Waals surface area contributed by atoms with Gasteiger partial charge in [0.05, 0.1) is 12.3 Å². The Morgan fingerprint density at radius 3 is 2.74 bits per heavy atom. The molecule has 0 radical (unpaired) electrons. The van der Waals surface area contributed by atoms with E-state index in [4.69, 9.17) is 4.74 Å². The quantitative estimate of drug-likeness (QED) is 0.586. The number of unbranched alkanes of at least 4 members (excludes halogenated alkanes) is 5. The Labute approximate surface area is 121 Å². The van der Waals surface area contributed by atoms with Crippen LogP contribution in [0.1, 0.15) is 63.1 Å². The molecule has 0 unspecified atom stereocenters. The SMILES string of the molecule is CCCCCCCCOCc1csc(CNCC)n1. The van der Waals surface area contributed by atoms with Crippen molar-refractivity contribution < 1.29 is 4.74 Å². The van der Waals surface area contributed by atoms with E-state index in [0.29, 0.717) is 6.61 Å². The zero-order chi connectivity index (χ0) is 13.8. The van der Waals surface area contributed by atoms with Crippen LogP contribution >= 0.6 is 11.3 Å². The molecule has 0 spiro atoms. The third-order valence-electron chi connectivity index (χ3n) is 3.02.